The predicted octanol–water partition coefficient (Wildman–Crippen LogP) is 3.37. The molecule has 1 heterocycles. The number of hydrogen-bond donors (Lipinski definition) is 1. The van der Waals surface area contributed by atoms with Gasteiger partial charge in [-0.05, 0) is 69.7 Å². The molecule has 1 aliphatic heterocycles. The number of allylic oxidation sites excluding steroid dienone is 1. The van der Waals surface area contributed by atoms with Gasteiger partial charge in [-0.2, -0.15) is 0 Å². The van der Waals surface area contributed by atoms with E-state index in [1.54, 1.807) is 36.1 Å². The molecule has 0 unspecified atom stereocenters. The SMILES string of the molecule is C[C@H](OC(=O)c1ccc(N2CCCC2=O)cc1)C(=O)NCCC1=CCCCC1. The molecule has 28 heavy (non-hydrogen) atoms. The lowest BCUT2D eigenvalue weighted by Crippen LogP contribution is -2.36. The van der Waals surface area contributed by atoms with Gasteiger partial charge in [-0.15, -0.1) is 0 Å². The summed E-state index contributed by atoms with van der Waals surface area (Å²) >= 11 is 0. The first-order chi connectivity index (χ1) is 13.5. The van der Waals surface area contributed by atoms with Crippen molar-refractivity contribution in [3.05, 3.63) is 41.5 Å². The molecule has 1 aliphatic carbocycles. The van der Waals surface area contributed by atoms with Crippen molar-refractivity contribution in [3.63, 3.8) is 0 Å². The zero-order valence-corrected chi connectivity index (χ0v) is 16.4. The lowest BCUT2D eigenvalue weighted by molar-refractivity contribution is -0.129. The van der Waals surface area contributed by atoms with Crippen LogP contribution in [0.5, 0.6) is 0 Å². The van der Waals surface area contributed by atoms with E-state index >= 15 is 0 Å². The Labute approximate surface area is 165 Å². The molecule has 0 saturated carbocycles. The largest absolute Gasteiger partial charge is 0.449 e. The van der Waals surface area contributed by atoms with Gasteiger partial charge in [0, 0.05) is 25.2 Å². The molecule has 1 N–H and O–H groups in total. The normalized spacial score (nSPS) is 17.8. The van der Waals surface area contributed by atoms with Gasteiger partial charge >= 0.3 is 5.97 Å². The number of esters is 1. The molecule has 3 rings (SSSR count). The van der Waals surface area contributed by atoms with Crippen LogP contribution in [0.15, 0.2) is 35.9 Å². The van der Waals surface area contributed by atoms with Gasteiger partial charge in [0.25, 0.3) is 5.91 Å². The van der Waals surface area contributed by atoms with Crippen molar-refractivity contribution in [2.75, 3.05) is 18.0 Å². The van der Waals surface area contributed by atoms with Crippen LogP contribution in [0, 0.1) is 0 Å². The second-order valence-electron chi connectivity index (χ2n) is 7.39. The number of anilines is 1. The van der Waals surface area contributed by atoms with E-state index in [0.29, 0.717) is 25.1 Å². The molecule has 1 fully saturated rings. The van der Waals surface area contributed by atoms with Crippen molar-refractivity contribution in [3.8, 4) is 0 Å². The Morgan fingerprint density at radius 3 is 2.57 bits per heavy atom. The molecule has 6 heteroatoms. The molecule has 1 saturated heterocycles. The van der Waals surface area contributed by atoms with Crippen molar-refractivity contribution in [1.29, 1.82) is 0 Å². The van der Waals surface area contributed by atoms with Crippen LogP contribution in [0.25, 0.3) is 0 Å². The molecule has 1 aromatic rings. The molecule has 0 bridgehead atoms. The number of nitrogens with one attached hydrogen (secondary N) is 1. The van der Waals surface area contributed by atoms with Crippen LogP contribution < -0.4 is 10.2 Å². The summed E-state index contributed by atoms with van der Waals surface area (Å²) in [5.74, 6) is -0.731. The fraction of sp³-hybridized carbons (Fsp3) is 0.500. The topological polar surface area (TPSA) is 75.7 Å². The van der Waals surface area contributed by atoms with Crippen LogP contribution in [0.4, 0.5) is 5.69 Å². The first-order valence-corrected chi connectivity index (χ1v) is 10.1. The monoisotopic (exact) mass is 384 g/mol. The summed E-state index contributed by atoms with van der Waals surface area (Å²) in [6.45, 7) is 2.84. The number of nitrogens with zero attached hydrogens (tertiary/aromatic N) is 1. The van der Waals surface area contributed by atoms with Crippen LogP contribution in [0.3, 0.4) is 0 Å². The third-order valence-corrected chi connectivity index (χ3v) is 5.27. The van der Waals surface area contributed by atoms with Gasteiger partial charge in [-0.3, -0.25) is 9.59 Å². The number of benzene rings is 1. The fourth-order valence-corrected chi connectivity index (χ4v) is 3.60. The Hall–Kier alpha value is -2.63. The first-order valence-electron chi connectivity index (χ1n) is 10.1. The highest BCUT2D eigenvalue weighted by molar-refractivity contribution is 5.96. The molecule has 0 spiro atoms. The molecule has 1 atom stereocenters. The zero-order valence-electron chi connectivity index (χ0n) is 16.4. The standard InChI is InChI=1S/C22H28N2O4/c1-16(21(26)23-14-13-17-6-3-2-4-7-17)28-22(27)18-9-11-19(12-10-18)24-15-5-8-20(24)25/h6,9-12,16H,2-5,7-8,13-15H2,1H3,(H,23,26)/t16-/m0/s1. The van der Waals surface area contributed by atoms with Crippen molar-refractivity contribution >= 4 is 23.5 Å². The maximum absolute atomic E-state index is 12.3. The number of hydrogen-bond acceptors (Lipinski definition) is 4. The molecule has 6 nitrogen and oxygen atoms in total. The molecule has 0 aromatic heterocycles. The van der Waals surface area contributed by atoms with E-state index in [1.165, 1.54) is 18.4 Å². The highest BCUT2D eigenvalue weighted by atomic mass is 16.5. The van der Waals surface area contributed by atoms with Gasteiger partial charge in [-0.25, -0.2) is 4.79 Å². The van der Waals surface area contributed by atoms with Gasteiger partial charge in [0.2, 0.25) is 5.91 Å². The third kappa shape index (κ3) is 5.21. The lowest BCUT2D eigenvalue weighted by Gasteiger charge is -2.17. The summed E-state index contributed by atoms with van der Waals surface area (Å²) in [7, 11) is 0. The summed E-state index contributed by atoms with van der Waals surface area (Å²) in [5, 5.41) is 2.84. The van der Waals surface area contributed by atoms with E-state index < -0.39 is 12.1 Å². The van der Waals surface area contributed by atoms with E-state index in [1.807, 2.05) is 0 Å². The Balaban J connectivity index is 1.45. The van der Waals surface area contributed by atoms with Crippen LogP contribution in [-0.2, 0) is 14.3 Å². The molecule has 2 amide bonds. The highest BCUT2D eigenvalue weighted by Crippen LogP contribution is 2.22. The Morgan fingerprint density at radius 2 is 1.93 bits per heavy atom. The predicted molar refractivity (Wildman–Crippen MR) is 107 cm³/mol. The fourth-order valence-electron chi connectivity index (χ4n) is 3.60. The van der Waals surface area contributed by atoms with Crippen LogP contribution in [0.2, 0.25) is 0 Å². The van der Waals surface area contributed by atoms with Gasteiger partial charge in [0.1, 0.15) is 0 Å². The summed E-state index contributed by atoms with van der Waals surface area (Å²) in [6, 6.07) is 6.73. The van der Waals surface area contributed by atoms with Gasteiger partial charge < -0.3 is 15.0 Å². The van der Waals surface area contributed by atoms with Crippen molar-refractivity contribution in [2.45, 2.75) is 58.0 Å². The molecular formula is C22H28N2O4. The van der Waals surface area contributed by atoms with E-state index in [4.69, 9.17) is 4.74 Å². The third-order valence-electron chi connectivity index (χ3n) is 5.27. The lowest BCUT2D eigenvalue weighted by atomic mass is 9.97. The zero-order chi connectivity index (χ0) is 19.9. The smallest absolute Gasteiger partial charge is 0.338 e. The van der Waals surface area contributed by atoms with E-state index in [9.17, 15) is 14.4 Å². The van der Waals surface area contributed by atoms with Crippen molar-refractivity contribution < 1.29 is 19.1 Å². The van der Waals surface area contributed by atoms with Gasteiger partial charge in [0.05, 0.1) is 5.56 Å². The Kier molecular flexibility index (Phi) is 6.85. The Morgan fingerprint density at radius 1 is 1.14 bits per heavy atom. The number of ether oxygens (including phenoxy) is 1. The second kappa shape index (κ2) is 9.53. The summed E-state index contributed by atoms with van der Waals surface area (Å²) in [5.41, 5.74) is 2.54. The molecule has 0 radical (unpaired) electrons. The first kappa shape index (κ1) is 20.1. The van der Waals surface area contributed by atoms with Crippen molar-refractivity contribution in [1.82, 2.24) is 5.32 Å². The summed E-state index contributed by atoms with van der Waals surface area (Å²) in [4.78, 5) is 38.0. The maximum atomic E-state index is 12.3. The van der Waals surface area contributed by atoms with Gasteiger partial charge in [0.15, 0.2) is 6.10 Å². The molecule has 1 aromatic carbocycles. The van der Waals surface area contributed by atoms with E-state index in [2.05, 4.69) is 11.4 Å². The van der Waals surface area contributed by atoms with Crippen molar-refractivity contribution in [2.24, 2.45) is 0 Å². The molecular weight excluding hydrogens is 356 g/mol. The number of carbonyl (C=O) groups is 3. The number of rotatable bonds is 7. The average Bonchev–Trinajstić information content (AvgIpc) is 3.14. The van der Waals surface area contributed by atoms with Crippen LogP contribution in [0.1, 0.15) is 62.2 Å². The minimum atomic E-state index is -0.854. The Bertz CT molecular complexity index is 754. The summed E-state index contributed by atoms with van der Waals surface area (Å²) in [6.07, 6.45) is 8.38. The maximum Gasteiger partial charge on any atom is 0.338 e. The molecule has 2 aliphatic rings. The van der Waals surface area contributed by atoms with Crippen LogP contribution in [-0.4, -0.2) is 37.0 Å². The minimum absolute atomic E-state index is 0.101. The summed E-state index contributed by atoms with van der Waals surface area (Å²) < 4.78 is 5.28. The second-order valence-corrected chi connectivity index (χ2v) is 7.39. The minimum Gasteiger partial charge on any atom is -0.449 e. The van der Waals surface area contributed by atoms with E-state index in [-0.39, 0.29) is 11.8 Å². The quantitative estimate of drug-likeness (QED) is 0.578. The average molecular weight is 384 g/mol. The number of amides is 2. The molecule has 150 valence electrons. The number of carbonyl (C=O) groups excluding carboxylic acids is 3. The van der Waals surface area contributed by atoms with E-state index in [0.717, 1.165) is 31.4 Å². The van der Waals surface area contributed by atoms with Crippen LogP contribution >= 0.6 is 0 Å². The van der Waals surface area contributed by atoms with Gasteiger partial charge in [-0.1, -0.05) is 11.6 Å². The highest BCUT2D eigenvalue weighted by Gasteiger charge is 2.23.